The van der Waals surface area contributed by atoms with E-state index in [1.807, 2.05) is 0 Å². The lowest BCUT2D eigenvalue weighted by molar-refractivity contribution is -0.140. The Labute approximate surface area is 207 Å². The minimum absolute atomic E-state index is 0.129. The molecule has 9 nitrogen and oxygen atoms in total. The number of nitrogens with zero attached hydrogens (tertiary/aromatic N) is 1. The summed E-state index contributed by atoms with van der Waals surface area (Å²) in [5, 5.41) is 11.6. The molecule has 1 N–H and O–H groups in total. The number of aliphatic hydroxyl groups excluding tert-OH is 1. The quantitative estimate of drug-likeness (QED) is 0.137. The lowest BCUT2D eigenvalue weighted by Gasteiger charge is -2.25. The second-order valence-electron chi connectivity index (χ2n) is 7.69. The van der Waals surface area contributed by atoms with E-state index in [0.29, 0.717) is 18.6 Å². The third-order valence-electron chi connectivity index (χ3n) is 5.45. The van der Waals surface area contributed by atoms with E-state index in [-0.39, 0.29) is 40.0 Å². The fourth-order valence-electron chi connectivity index (χ4n) is 3.94. The number of likely N-dealkylation sites (tertiary alicyclic amines) is 1. The van der Waals surface area contributed by atoms with Crippen molar-refractivity contribution in [1.29, 1.82) is 0 Å². The van der Waals surface area contributed by atoms with Crippen LogP contribution in [0.3, 0.4) is 0 Å². The number of methoxy groups -OCH3 is 3. The number of ether oxygens (including phenoxy) is 4. The Morgan fingerprint density at radius 2 is 1.80 bits per heavy atom. The Morgan fingerprint density at radius 3 is 2.43 bits per heavy atom. The Hall–Kier alpha value is -3.56. The van der Waals surface area contributed by atoms with Gasteiger partial charge in [0.1, 0.15) is 23.0 Å². The van der Waals surface area contributed by atoms with Gasteiger partial charge in [0.05, 0.1) is 36.4 Å². The number of ketones is 1. The van der Waals surface area contributed by atoms with Gasteiger partial charge >= 0.3 is 5.97 Å². The van der Waals surface area contributed by atoms with Crippen LogP contribution in [0.25, 0.3) is 5.76 Å². The molecule has 2 aromatic carbocycles. The van der Waals surface area contributed by atoms with E-state index in [2.05, 4.69) is 0 Å². The molecule has 186 valence electrons. The van der Waals surface area contributed by atoms with Crippen molar-refractivity contribution in [3.05, 3.63) is 58.1 Å². The summed E-state index contributed by atoms with van der Waals surface area (Å²) >= 11 is 6.19. The molecule has 0 saturated carbocycles. The highest BCUT2D eigenvalue weighted by Gasteiger charge is 2.46. The first-order chi connectivity index (χ1) is 16.7. The van der Waals surface area contributed by atoms with E-state index in [9.17, 15) is 19.5 Å². The monoisotopic (exact) mass is 503 g/mol. The summed E-state index contributed by atoms with van der Waals surface area (Å²) in [6, 6.07) is 8.37. The smallest absolute Gasteiger partial charge is 0.308 e. The summed E-state index contributed by atoms with van der Waals surface area (Å²) in [5.41, 5.74) is 0.460. The molecular formula is C25H26ClNO8. The molecule has 0 bridgehead atoms. The maximum absolute atomic E-state index is 13.2. The summed E-state index contributed by atoms with van der Waals surface area (Å²) in [4.78, 5) is 39.1. The number of carbonyl (C=O) groups is 3. The fraction of sp³-hybridized carbons (Fsp3) is 0.320. The van der Waals surface area contributed by atoms with Crippen LogP contribution in [0.1, 0.15) is 30.5 Å². The molecule has 3 rings (SSSR count). The zero-order valence-corrected chi connectivity index (χ0v) is 20.5. The van der Waals surface area contributed by atoms with Gasteiger partial charge in [-0.2, -0.15) is 0 Å². The van der Waals surface area contributed by atoms with Crippen molar-refractivity contribution in [2.24, 2.45) is 0 Å². The molecule has 1 saturated heterocycles. The number of halogens is 1. The Balaban J connectivity index is 2.23. The number of carbonyl (C=O) groups excluding carboxylic acids is 3. The zero-order valence-electron chi connectivity index (χ0n) is 19.8. The molecular weight excluding hydrogens is 478 g/mol. The van der Waals surface area contributed by atoms with E-state index in [1.54, 1.807) is 24.3 Å². The summed E-state index contributed by atoms with van der Waals surface area (Å²) in [7, 11) is 4.33. The van der Waals surface area contributed by atoms with Crippen LogP contribution in [0.15, 0.2) is 42.0 Å². The first kappa shape index (κ1) is 26.1. The molecule has 1 amide bonds. The standard InChI is InChI=1S/C25H26ClNO8/c1-14(28)35-16-8-5-7-15(11-16)22-21(24(30)25(31)27(22)9-6-10-32-2)23(29)17-12-20(34-4)18(26)13-19(17)33-3/h5,7-8,11-13,22,29H,6,9-10H2,1-4H3/b23-21+. The van der Waals surface area contributed by atoms with Gasteiger partial charge in [0.15, 0.2) is 0 Å². The summed E-state index contributed by atoms with van der Waals surface area (Å²) in [6.07, 6.45) is 0.460. The maximum Gasteiger partial charge on any atom is 0.308 e. The maximum atomic E-state index is 13.2. The predicted octanol–water partition coefficient (Wildman–Crippen LogP) is 3.74. The molecule has 1 heterocycles. The van der Waals surface area contributed by atoms with Gasteiger partial charge in [-0.25, -0.2) is 0 Å². The van der Waals surface area contributed by atoms with Crippen LogP contribution in [-0.4, -0.2) is 62.1 Å². The molecule has 1 unspecified atom stereocenters. The molecule has 0 spiro atoms. The molecule has 10 heteroatoms. The lowest BCUT2D eigenvalue weighted by atomic mass is 9.94. The van der Waals surface area contributed by atoms with Crippen molar-refractivity contribution < 1.29 is 38.4 Å². The minimum atomic E-state index is -0.950. The van der Waals surface area contributed by atoms with E-state index in [0.717, 1.165) is 0 Å². The topological polar surface area (TPSA) is 112 Å². The normalized spacial score (nSPS) is 16.9. The number of aliphatic hydroxyl groups is 1. The van der Waals surface area contributed by atoms with Crippen molar-refractivity contribution in [1.82, 2.24) is 4.90 Å². The largest absolute Gasteiger partial charge is 0.507 e. The van der Waals surface area contributed by atoms with Gasteiger partial charge < -0.3 is 29.0 Å². The van der Waals surface area contributed by atoms with Gasteiger partial charge in [0.25, 0.3) is 11.7 Å². The number of hydrogen-bond donors (Lipinski definition) is 1. The molecule has 2 aromatic rings. The first-order valence-corrected chi connectivity index (χ1v) is 11.1. The van der Waals surface area contributed by atoms with Crippen molar-refractivity contribution in [2.75, 3.05) is 34.5 Å². The molecule has 0 aromatic heterocycles. The highest BCUT2D eigenvalue weighted by Crippen LogP contribution is 2.43. The molecule has 0 aliphatic carbocycles. The van der Waals surface area contributed by atoms with Crippen LogP contribution in [0.4, 0.5) is 0 Å². The highest BCUT2D eigenvalue weighted by molar-refractivity contribution is 6.46. The Bertz CT molecular complexity index is 1180. The summed E-state index contributed by atoms with van der Waals surface area (Å²) in [5.74, 6) is -1.93. The summed E-state index contributed by atoms with van der Waals surface area (Å²) in [6.45, 7) is 1.83. The fourth-order valence-corrected chi connectivity index (χ4v) is 4.17. The number of amides is 1. The van der Waals surface area contributed by atoms with Gasteiger partial charge in [-0.05, 0) is 30.2 Å². The van der Waals surface area contributed by atoms with Crippen LogP contribution >= 0.6 is 11.6 Å². The van der Waals surface area contributed by atoms with Crippen LogP contribution in [0, 0.1) is 0 Å². The third kappa shape index (κ3) is 5.41. The number of esters is 1. The number of hydrogen-bond acceptors (Lipinski definition) is 8. The van der Waals surface area contributed by atoms with E-state index < -0.39 is 29.5 Å². The summed E-state index contributed by atoms with van der Waals surface area (Å²) < 4.78 is 20.9. The number of rotatable bonds is 9. The molecule has 1 aliphatic heterocycles. The van der Waals surface area contributed by atoms with Crippen molar-refractivity contribution in [2.45, 2.75) is 19.4 Å². The average Bonchev–Trinajstić information content (AvgIpc) is 3.08. The van der Waals surface area contributed by atoms with Crippen LogP contribution < -0.4 is 14.2 Å². The SMILES string of the molecule is COCCCN1C(=O)C(=O)/C(=C(/O)c2cc(OC)c(Cl)cc2OC)C1c1cccc(OC(C)=O)c1. The lowest BCUT2D eigenvalue weighted by Crippen LogP contribution is -2.31. The van der Waals surface area contributed by atoms with E-state index >= 15 is 0 Å². The van der Waals surface area contributed by atoms with Crippen LogP contribution in [-0.2, 0) is 19.1 Å². The van der Waals surface area contributed by atoms with Gasteiger partial charge in [-0.3, -0.25) is 14.4 Å². The van der Waals surface area contributed by atoms with Gasteiger partial charge in [0.2, 0.25) is 0 Å². The van der Waals surface area contributed by atoms with Gasteiger partial charge in [-0.1, -0.05) is 23.7 Å². The zero-order chi connectivity index (χ0) is 25.7. The van der Waals surface area contributed by atoms with Gasteiger partial charge in [0, 0.05) is 33.3 Å². The minimum Gasteiger partial charge on any atom is -0.507 e. The molecule has 1 aliphatic rings. The van der Waals surface area contributed by atoms with Crippen molar-refractivity contribution >= 4 is 35.0 Å². The van der Waals surface area contributed by atoms with Crippen LogP contribution in [0.2, 0.25) is 5.02 Å². The number of Topliss-reactive ketones (excluding diaryl/α,β-unsaturated/α-hetero) is 1. The van der Waals surface area contributed by atoms with E-state index in [1.165, 1.54) is 45.3 Å². The molecule has 35 heavy (non-hydrogen) atoms. The highest BCUT2D eigenvalue weighted by atomic mass is 35.5. The molecule has 0 radical (unpaired) electrons. The average molecular weight is 504 g/mol. The third-order valence-corrected chi connectivity index (χ3v) is 5.75. The number of benzene rings is 2. The Morgan fingerprint density at radius 1 is 1.09 bits per heavy atom. The molecule has 1 fully saturated rings. The van der Waals surface area contributed by atoms with Crippen LogP contribution in [0.5, 0.6) is 17.2 Å². The first-order valence-electron chi connectivity index (χ1n) is 10.7. The predicted molar refractivity (Wildman–Crippen MR) is 128 cm³/mol. The van der Waals surface area contributed by atoms with Gasteiger partial charge in [-0.15, -0.1) is 0 Å². The molecule has 1 atom stereocenters. The second-order valence-corrected chi connectivity index (χ2v) is 8.10. The van der Waals surface area contributed by atoms with Crippen molar-refractivity contribution in [3.63, 3.8) is 0 Å². The van der Waals surface area contributed by atoms with E-state index in [4.69, 9.17) is 30.5 Å². The van der Waals surface area contributed by atoms with Crippen molar-refractivity contribution in [3.8, 4) is 17.2 Å². The second kappa shape index (κ2) is 11.2. The Kier molecular flexibility index (Phi) is 8.37.